The monoisotopic (exact) mass is 408 g/mol. The molecule has 28 heavy (non-hydrogen) atoms. The van der Waals surface area contributed by atoms with Crippen LogP contribution in [0.5, 0.6) is 0 Å². The number of aromatic nitrogens is 4. The van der Waals surface area contributed by atoms with Gasteiger partial charge in [0.25, 0.3) is 5.91 Å². The number of aryl methyl sites for hydroxylation is 1. The van der Waals surface area contributed by atoms with Gasteiger partial charge in [-0.2, -0.15) is 5.10 Å². The van der Waals surface area contributed by atoms with Crippen LogP contribution in [0.3, 0.4) is 0 Å². The Labute approximate surface area is 166 Å². The molecule has 3 aromatic rings. The van der Waals surface area contributed by atoms with Gasteiger partial charge in [0.1, 0.15) is 17.6 Å². The highest BCUT2D eigenvalue weighted by Gasteiger charge is 2.32. The fraction of sp³-hybridized carbons (Fsp3) is 0.278. The van der Waals surface area contributed by atoms with E-state index in [1.165, 1.54) is 18.3 Å². The number of hydrogen-bond acceptors (Lipinski definition) is 4. The Hall–Kier alpha value is -2.78. The van der Waals surface area contributed by atoms with Crippen LogP contribution in [0, 0.1) is 11.6 Å². The van der Waals surface area contributed by atoms with Gasteiger partial charge in [0.05, 0.1) is 0 Å². The lowest BCUT2D eigenvalue weighted by atomic mass is 10.1. The minimum Gasteiger partial charge on any atom is -0.336 e. The molecule has 1 aliphatic rings. The van der Waals surface area contributed by atoms with Gasteiger partial charge in [0, 0.05) is 45.3 Å². The number of nitrogens with one attached hydrogen (secondary N) is 1. The SMILES string of the molecule is Cl.Cn1ccnc1C1CNCCN1C(=O)c1ccn(-c2c(F)cccc2F)n1. The van der Waals surface area contributed by atoms with Crippen molar-refractivity contribution in [3.05, 3.63) is 66.0 Å². The Balaban J connectivity index is 0.00000225. The van der Waals surface area contributed by atoms with Crippen molar-refractivity contribution in [2.45, 2.75) is 6.04 Å². The summed E-state index contributed by atoms with van der Waals surface area (Å²) < 4.78 is 30.9. The number of hydrogen-bond donors (Lipinski definition) is 1. The van der Waals surface area contributed by atoms with Crippen molar-refractivity contribution in [3.63, 3.8) is 0 Å². The maximum Gasteiger partial charge on any atom is 0.275 e. The minimum atomic E-state index is -0.745. The molecule has 10 heteroatoms. The van der Waals surface area contributed by atoms with Gasteiger partial charge in [-0.05, 0) is 18.2 Å². The van der Waals surface area contributed by atoms with E-state index in [-0.39, 0.29) is 35.7 Å². The number of nitrogens with zero attached hydrogens (tertiary/aromatic N) is 5. The number of halogens is 3. The molecule has 0 saturated carbocycles. The highest BCUT2D eigenvalue weighted by atomic mass is 35.5. The number of benzene rings is 1. The van der Waals surface area contributed by atoms with Crippen LogP contribution in [0.15, 0.2) is 42.9 Å². The lowest BCUT2D eigenvalue weighted by molar-refractivity contribution is 0.0614. The van der Waals surface area contributed by atoms with E-state index in [0.29, 0.717) is 19.6 Å². The van der Waals surface area contributed by atoms with E-state index in [4.69, 9.17) is 0 Å². The van der Waals surface area contributed by atoms with Crippen molar-refractivity contribution in [3.8, 4) is 5.69 Å². The fourth-order valence-electron chi connectivity index (χ4n) is 3.29. The van der Waals surface area contributed by atoms with Gasteiger partial charge in [-0.3, -0.25) is 4.79 Å². The topological polar surface area (TPSA) is 68.0 Å². The van der Waals surface area contributed by atoms with E-state index in [9.17, 15) is 13.6 Å². The molecular weight excluding hydrogens is 390 g/mol. The molecule has 3 heterocycles. The van der Waals surface area contributed by atoms with Crippen LogP contribution in [-0.4, -0.2) is 49.8 Å². The van der Waals surface area contributed by atoms with Crippen molar-refractivity contribution in [1.29, 1.82) is 0 Å². The molecule has 7 nitrogen and oxygen atoms in total. The fourth-order valence-corrected chi connectivity index (χ4v) is 3.29. The maximum atomic E-state index is 14.0. The van der Waals surface area contributed by atoms with E-state index in [0.717, 1.165) is 22.6 Å². The molecule has 1 aromatic carbocycles. The van der Waals surface area contributed by atoms with Gasteiger partial charge < -0.3 is 14.8 Å². The molecule has 1 unspecified atom stereocenters. The first-order valence-corrected chi connectivity index (χ1v) is 8.55. The van der Waals surface area contributed by atoms with Crippen molar-refractivity contribution in [2.24, 2.45) is 7.05 Å². The zero-order valence-corrected chi connectivity index (χ0v) is 15.9. The van der Waals surface area contributed by atoms with Crippen LogP contribution in [-0.2, 0) is 7.05 Å². The summed E-state index contributed by atoms with van der Waals surface area (Å²) in [6.45, 7) is 1.70. The second-order valence-corrected chi connectivity index (χ2v) is 6.33. The van der Waals surface area contributed by atoms with E-state index in [1.807, 2.05) is 17.8 Å². The third-order valence-corrected chi connectivity index (χ3v) is 4.64. The molecule has 148 valence electrons. The molecule has 0 bridgehead atoms. The van der Waals surface area contributed by atoms with Crippen LogP contribution in [0.4, 0.5) is 8.78 Å². The van der Waals surface area contributed by atoms with Crippen molar-refractivity contribution < 1.29 is 13.6 Å². The molecule has 1 aliphatic heterocycles. The van der Waals surface area contributed by atoms with Crippen LogP contribution < -0.4 is 5.32 Å². The summed E-state index contributed by atoms with van der Waals surface area (Å²) in [4.78, 5) is 19.1. The summed E-state index contributed by atoms with van der Waals surface area (Å²) in [5, 5.41) is 7.37. The molecule has 1 saturated heterocycles. The molecule has 4 rings (SSSR count). The van der Waals surface area contributed by atoms with Crippen LogP contribution in [0.1, 0.15) is 22.4 Å². The first-order valence-electron chi connectivity index (χ1n) is 8.55. The van der Waals surface area contributed by atoms with Gasteiger partial charge >= 0.3 is 0 Å². The van der Waals surface area contributed by atoms with Gasteiger partial charge in [0.15, 0.2) is 17.3 Å². The first kappa shape index (κ1) is 20.0. The van der Waals surface area contributed by atoms with Crippen LogP contribution in [0.2, 0.25) is 0 Å². The zero-order valence-electron chi connectivity index (χ0n) is 15.0. The smallest absolute Gasteiger partial charge is 0.275 e. The summed E-state index contributed by atoms with van der Waals surface area (Å²) in [6, 6.07) is 4.79. The molecule has 1 amide bonds. The Morgan fingerprint density at radius 1 is 1.21 bits per heavy atom. The van der Waals surface area contributed by atoms with Crippen molar-refractivity contribution in [1.82, 2.24) is 29.5 Å². The quantitative estimate of drug-likeness (QED) is 0.720. The van der Waals surface area contributed by atoms with Crippen LogP contribution >= 0.6 is 12.4 Å². The van der Waals surface area contributed by atoms with Crippen molar-refractivity contribution >= 4 is 18.3 Å². The molecule has 0 spiro atoms. The predicted molar refractivity (Wildman–Crippen MR) is 101 cm³/mol. The maximum absolute atomic E-state index is 14.0. The standard InChI is InChI=1S/C18H18F2N6O.ClH/c1-24-9-7-22-17(24)15-11-21-6-10-25(15)18(27)14-5-8-26(23-14)16-12(19)3-2-4-13(16)20;/h2-5,7-9,15,21H,6,10-11H2,1H3;1H. The molecule has 1 fully saturated rings. The summed E-state index contributed by atoms with van der Waals surface area (Å²) in [7, 11) is 1.87. The summed E-state index contributed by atoms with van der Waals surface area (Å²) in [6.07, 6.45) is 4.89. The number of carbonyl (C=O) groups is 1. The number of piperazine rings is 1. The Morgan fingerprint density at radius 3 is 2.64 bits per heavy atom. The Kier molecular flexibility index (Phi) is 5.76. The molecule has 2 aromatic heterocycles. The van der Waals surface area contributed by atoms with Gasteiger partial charge in [-0.25, -0.2) is 18.4 Å². The molecule has 0 aliphatic carbocycles. The number of imidazole rings is 1. The van der Waals surface area contributed by atoms with Crippen LogP contribution in [0.25, 0.3) is 5.69 Å². The third-order valence-electron chi connectivity index (χ3n) is 4.64. The lowest BCUT2D eigenvalue weighted by Crippen LogP contribution is -2.49. The highest BCUT2D eigenvalue weighted by molar-refractivity contribution is 5.92. The minimum absolute atomic E-state index is 0. The third kappa shape index (κ3) is 3.50. The van der Waals surface area contributed by atoms with Gasteiger partial charge in [-0.15, -0.1) is 12.4 Å². The molecule has 1 N–H and O–H groups in total. The highest BCUT2D eigenvalue weighted by Crippen LogP contribution is 2.23. The average Bonchev–Trinajstić information content (AvgIpc) is 3.30. The predicted octanol–water partition coefficient (Wildman–Crippen LogP) is 2.09. The Bertz CT molecular complexity index is 968. The Morgan fingerprint density at radius 2 is 1.96 bits per heavy atom. The number of rotatable bonds is 3. The summed E-state index contributed by atoms with van der Waals surface area (Å²) >= 11 is 0. The lowest BCUT2D eigenvalue weighted by Gasteiger charge is -2.35. The normalized spacial score (nSPS) is 16.7. The first-order chi connectivity index (χ1) is 13.1. The van der Waals surface area contributed by atoms with E-state index in [1.54, 1.807) is 11.1 Å². The number of amides is 1. The average molecular weight is 409 g/mol. The largest absolute Gasteiger partial charge is 0.336 e. The van der Waals surface area contributed by atoms with E-state index in [2.05, 4.69) is 15.4 Å². The summed E-state index contributed by atoms with van der Waals surface area (Å²) in [5.41, 5.74) is -0.184. The summed E-state index contributed by atoms with van der Waals surface area (Å²) in [5.74, 6) is -1.04. The van der Waals surface area contributed by atoms with Gasteiger partial charge in [0.2, 0.25) is 0 Å². The van der Waals surface area contributed by atoms with Crippen molar-refractivity contribution in [2.75, 3.05) is 19.6 Å². The molecule has 1 atom stereocenters. The zero-order chi connectivity index (χ0) is 19.0. The molecular formula is C18H19ClF2N6O. The second-order valence-electron chi connectivity index (χ2n) is 6.33. The number of carbonyl (C=O) groups excluding carboxylic acids is 1. The van der Waals surface area contributed by atoms with E-state index < -0.39 is 11.6 Å². The van der Waals surface area contributed by atoms with Gasteiger partial charge in [-0.1, -0.05) is 6.07 Å². The molecule has 0 radical (unpaired) electrons. The second kappa shape index (κ2) is 8.07. The number of para-hydroxylation sites is 1. The van der Waals surface area contributed by atoms with E-state index >= 15 is 0 Å².